The van der Waals surface area contributed by atoms with Crippen LogP contribution in [-0.2, 0) is 17.6 Å². The summed E-state index contributed by atoms with van der Waals surface area (Å²) in [7, 11) is 0. The number of halogens is 3. The van der Waals surface area contributed by atoms with Crippen molar-refractivity contribution in [2.24, 2.45) is 0 Å². The van der Waals surface area contributed by atoms with Crippen LogP contribution in [0.25, 0.3) is 0 Å². The topological polar surface area (TPSA) is 17.1 Å². The number of aldehydes is 1. The molecular weight excluding hydrogens is 242 g/mol. The molecule has 1 rings (SSSR count). The lowest BCUT2D eigenvalue weighted by atomic mass is 10.0. The average molecular weight is 252 g/mol. The molecule has 0 N–H and O–H groups in total. The minimum Gasteiger partial charge on any atom is -0.298 e. The molecule has 0 spiro atoms. The fourth-order valence-corrected chi connectivity index (χ4v) is 1.90. The maximum absolute atomic E-state index is 10.8. The molecule has 0 radical (unpaired) electrons. The first-order valence-electron chi connectivity index (χ1n) is 4.04. The molecule has 1 aromatic rings. The summed E-state index contributed by atoms with van der Waals surface area (Å²) >= 11 is 17.2. The number of carbonyl (C=O) groups excluding carboxylic acids is 1. The van der Waals surface area contributed by atoms with Crippen molar-refractivity contribution in [2.75, 3.05) is 0 Å². The number of hydrogen-bond acceptors (Lipinski definition) is 1. The van der Waals surface area contributed by atoms with Crippen molar-refractivity contribution in [2.45, 2.75) is 17.6 Å². The molecule has 0 atom stereocenters. The molecule has 1 aromatic carbocycles. The smallest absolute Gasteiger partial charge is 0.150 e. The highest BCUT2D eigenvalue weighted by atomic mass is 35.5. The van der Waals surface area contributed by atoms with Crippen LogP contribution in [0.1, 0.15) is 27.0 Å². The SMILES string of the molecule is O=Cc1c(CCl)cc(CCl)cc1CCl. The third-order valence-electron chi connectivity index (χ3n) is 1.97. The van der Waals surface area contributed by atoms with Gasteiger partial charge in [0.05, 0.1) is 0 Å². The van der Waals surface area contributed by atoms with Gasteiger partial charge in [-0.2, -0.15) is 0 Å². The Morgan fingerprint density at radius 3 is 1.79 bits per heavy atom. The van der Waals surface area contributed by atoms with Crippen LogP contribution in [0.3, 0.4) is 0 Å². The summed E-state index contributed by atoms with van der Waals surface area (Å²) in [6.45, 7) is 0. The van der Waals surface area contributed by atoms with Crippen LogP contribution < -0.4 is 0 Å². The van der Waals surface area contributed by atoms with E-state index in [4.69, 9.17) is 34.8 Å². The van der Waals surface area contributed by atoms with Crippen LogP contribution in [0, 0.1) is 0 Å². The zero-order chi connectivity index (χ0) is 10.6. The quantitative estimate of drug-likeness (QED) is 0.589. The molecular formula is C10H9Cl3O. The van der Waals surface area contributed by atoms with Crippen molar-refractivity contribution in [1.82, 2.24) is 0 Å². The first-order chi connectivity index (χ1) is 6.76. The van der Waals surface area contributed by atoms with E-state index < -0.39 is 0 Å². The Balaban J connectivity index is 3.31. The monoisotopic (exact) mass is 250 g/mol. The summed E-state index contributed by atoms with van der Waals surface area (Å²) in [6, 6.07) is 3.67. The minimum atomic E-state index is 0.294. The van der Waals surface area contributed by atoms with E-state index in [0.717, 1.165) is 23.0 Å². The van der Waals surface area contributed by atoms with Gasteiger partial charge in [0, 0.05) is 23.2 Å². The van der Waals surface area contributed by atoms with Gasteiger partial charge in [-0.25, -0.2) is 0 Å². The lowest BCUT2D eigenvalue weighted by Gasteiger charge is -2.08. The molecule has 0 aliphatic heterocycles. The Hall–Kier alpha value is -0.240. The predicted molar refractivity (Wildman–Crippen MR) is 60.5 cm³/mol. The van der Waals surface area contributed by atoms with Crippen molar-refractivity contribution in [1.29, 1.82) is 0 Å². The molecule has 1 nitrogen and oxygen atoms in total. The molecule has 0 fully saturated rings. The number of carbonyl (C=O) groups is 1. The van der Waals surface area contributed by atoms with Crippen LogP contribution in [0.4, 0.5) is 0 Å². The minimum absolute atomic E-state index is 0.294. The predicted octanol–water partition coefficient (Wildman–Crippen LogP) is 3.72. The molecule has 0 unspecified atom stereocenters. The summed E-state index contributed by atoms with van der Waals surface area (Å²) in [5, 5.41) is 0. The van der Waals surface area contributed by atoms with Crippen molar-refractivity contribution in [3.63, 3.8) is 0 Å². The lowest BCUT2D eigenvalue weighted by molar-refractivity contribution is 0.112. The van der Waals surface area contributed by atoms with E-state index in [9.17, 15) is 4.79 Å². The van der Waals surface area contributed by atoms with Gasteiger partial charge in [0.1, 0.15) is 0 Å². The summed E-state index contributed by atoms with van der Waals surface area (Å²) < 4.78 is 0. The van der Waals surface area contributed by atoms with Gasteiger partial charge >= 0.3 is 0 Å². The van der Waals surface area contributed by atoms with Crippen LogP contribution in [-0.4, -0.2) is 6.29 Å². The summed E-state index contributed by atoms with van der Waals surface area (Å²) in [5.74, 6) is 0.984. The second-order valence-corrected chi connectivity index (χ2v) is 3.65. The fraction of sp³-hybridized carbons (Fsp3) is 0.300. The summed E-state index contributed by atoms with van der Waals surface area (Å²) in [5.41, 5.74) is 3.10. The van der Waals surface area contributed by atoms with Crippen LogP contribution in [0.2, 0.25) is 0 Å². The summed E-state index contributed by atoms with van der Waals surface area (Å²) in [4.78, 5) is 10.8. The van der Waals surface area contributed by atoms with Gasteiger partial charge in [0.15, 0.2) is 6.29 Å². The molecule has 0 aliphatic carbocycles. The molecule has 0 aromatic heterocycles. The maximum atomic E-state index is 10.8. The third-order valence-corrected chi connectivity index (χ3v) is 2.86. The number of rotatable bonds is 4. The second kappa shape index (κ2) is 5.59. The molecule has 0 aliphatic rings. The first-order valence-corrected chi connectivity index (χ1v) is 5.65. The zero-order valence-corrected chi connectivity index (χ0v) is 9.66. The van der Waals surface area contributed by atoms with Gasteiger partial charge < -0.3 is 0 Å². The van der Waals surface area contributed by atoms with Gasteiger partial charge in [-0.15, -0.1) is 34.8 Å². The molecule has 0 saturated heterocycles. The van der Waals surface area contributed by atoms with Crippen molar-refractivity contribution in [3.05, 3.63) is 34.4 Å². The molecule has 0 amide bonds. The molecule has 0 heterocycles. The normalized spacial score (nSPS) is 10.2. The maximum Gasteiger partial charge on any atom is 0.150 e. The van der Waals surface area contributed by atoms with Crippen LogP contribution >= 0.6 is 34.8 Å². The van der Waals surface area contributed by atoms with Gasteiger partial charge in [-0.3, -0.25) is 4.79 Å². The molecule has 14 heavy (non-hydrogen) atoms. The van der Waals surface area contributed by atoms with Crippen LogP contribution in [0.5, 0.6) is 0 Å². The van der Waals surface area contributed by atoms with E-state index in [2.05, 4.69) is 0 Å². The van der Waals surface area contributed by atoms with Gasteiger partial charge in [0.2, 0.25) is 0 Å². The van der Waals surface area contributed by atoms with Gasteiger partial charge in [-0.05, 0) is 16.7 Å². The Labute approximate surface area is 98.0 Å². The highest BCUT2D eigenvalue weighted by Gasteiger charge is 2.08. The average Bonchev–Trinajstić information content (AvgIpc) is 2.26. The Morgan fingerprint density at radius 1 is 1.00 bits per heavy atom. The standard InChI is InChI=1S/C10H9Cl3O/c11-3-7-1-8(4-12)10(6-14)9(2-7)5-13/h1-2,6H,3-5H2. The second-order valence-electron chi connectivity index (χ2n) is 2.85. The van der Waals surface area contributed by atoms with Crippen LogP contribution in [0.15, 0.2) is 12.1 Å². The Kier molecular flexibility index (Phi) is 4.73. The first kappa shape index (κ1) is 11.8. The summed E-state index contributed by atoms with van der Waals surface area (Å²) in [6.07, 6.45) is 0.785. The van der Waals surface area contributed by atoms with Crippen molar-refractivity contribution in [3.8, 4) is 0 Å². The number of benzene rings is 1. The molecule has 4 heteroatoms. The molecule has 0 bridgehead atoms. The van der Waals surface area contributed by atoms with E-state index in [1.54, 1.807) is 0 Å². The van der Waals surface area contributed by atoms with E-state index in [1.165, 1.54) is 0 Å². The fourth-order valence-electron chi connectivity index (χ4n) is 1.30. The Bertz CT molecular complexity index is 311. The number of hydrogen-bond donors (Lipinski definition) is 0. The molecule has 0 saturated carbocycles. The molecule has 76 valence electrons. The third kappa shape index (κ3) is 2.41. The highest BCUT2D eigenvalue weighted by molar-refractivity contribution is 6.19. The van der Waals surface area contributed by atoms with Crippen molar-refractivity contribution >= 4 is 41.1 Å². The largest absolute Gasteiger partial charge is 0.298 e. The zero-order valence-electron chi connectivity index (χ0n) is 7.40. The van der Waals surface area contributed by atoms with E-state index in [1.807, 2.05) is 12.1 Å². The van der Waals surface area contributed by atoms with E-state index in [-0.39, 0.29) is 0 Å². The van der Waals surface area contributed by atoms with E-state index >= 15 is 0 Å². The van der Waals surface area contributed by atoms with Gasteiger partial charge in [-0.1, -0.05) is 12.1 Å². The number of alkyl halides is 3. The highest BCUT2D eigenvalue weighted by Crippen LogP contribution is 2.21. The van der Waals surface area contributed by atoms with Crippen molar-refractivity contribution < 1.29 is 4.79 Å². The van der Waals surface area contributed by atoms with Gasteiger partial charge in [0.25, 0.3) is 0 Å². The Morgan fingerprint density at radius 2 is 1.50 bits per heavy atom. The lowest BCUT2D eigenvalue weighted by Crippen LogP contribution is -1.98. The van der Waals surface area contributed by atoms with E-state index in [0.29, 0.717) is 23.2 Å².